The molecule has 0 aromatic heterocycles. The highest BCUT2D eigenvalue weighted by Crippen LogP contribution is 2.70. The van der Waals surface area contributed by atoms with E-state index >= 15 is 0 Å². The molecule has 1 aromatic rings. The molecule has 1 aromatic carbocycles. The van der Waals surface area contributed by atoms with Gasteiger partial charge in [-0.2, -0.15) is 5.06 Å². The third-order valence-electron chi connectivity index (χ3n) is 8.36. The van der Waals surface area contributed by atoms with Crippen molar-refractivity contribution < 1.29 is 18.0 Å². The first kappa shape index (κ1) is 19.5. The van der Waals surface area contributed by atoms with E-state index in [0.717, 1.165) is 31.2 Å². The van der Waals surface area contributed by atoms with Gasteiger partial charge in [-0.1, -0.05) is 44.2 Å². The molecule has 4 aliphatic rings. The fourth-order valence-corrected chi connectivity index (χ4v) is 9.17. The third-order valence-corrected chi connectivity index (χ3v) is 10.3. The van der Waals surface area contributed by atoms with Gasteiger partial charge < -0.3 is 0 Å². The minimum atomic E-state index is -3.59. The molecule has 6 nitrogen and oxygen atoms in total. The maximum absolute atomic E-state index is 13.5. The lowest BCUT2D eigenvalue weighted by Crippen LogP contribution is -2.51. The number of fused-ring (bicyclic) bond motifs is 1. The largest absolute Gasteiger partial charge is 0.293 e. The second kappa shape index (κ2) is 6.53. The van der Waals surface area contributed by atoms with Crippen molar-refractivity contribution in [1.29, 1.82) is 0 Å². The molecule has 2 aliphatic heterocycles. The lowest BCUT2D eigenvalue weighted by Gasteiger charge is -2.37. The van der Waals surface area contributed by atoms with Gasteiger partial charge in [-0.05, 0) is 49.0 Å². The Morgan fingerprint density at radius 2 is 1.97 bits per heavy atom. The van der Waals surface area contributed by atoms with E-state index in [-0.39, 0.29) is 28.5 Å². The van der Waals surface area contributed by atoms with Crippen LogP contribution in [-0.4, -0.2) is 48.1 Å². The molecule has 1 spiro atoms. The van der Waals surface area contributed by atoms with Gasteiger partial charge in [0.25, 0.3) is 5.91 Å². The number of amides is 1. The van der Waals surface area contributed by atoms with Gasteiger partial charge in [-0.25, -0.2) is 12.7 Å². The second-order valence-corrected chi connectivity index (χ2v) is 11.7. The Bertz CT molecular complexity index is 916. The molecule has 0 N–H and O–H groups in total. The molecule has 2 saturated heterocycles. The Morgan fingerprint density at radius 1 is 1.21 bits per heavy atom. The maximum atomic E-state index is 13.5. The van der Waals surface area contributed by atoms with Crippen molar-refractivity contribution in [3.05, 3.63) is 35.9 Å². The Morgan fingerprint density at radius 3 is 2.69 bits per heavy atom. The van der Waals surface area contributed by atoms with Crippen LogP contribution in [0.1, 0.15) is 51.5 Å². The van der Waals surface area contributed by atoms with Crippen LogP contribution in [0.25, 0.3) is 0 Å². The van der Waals surface area contributed by atoms with E-state index in [1.165, 1.54) is 4.31 Å². The predicted octanol–water partition coefficient (Wildman–Crippen LogP) is 2.95. The molecule has 2 saturated carbocycles. The van der Waals surface area contributed by atoms with E-state index in [2.05, 4.69) is 13.8 Å². The SMILES string of the molecule is CC1(C)[C@H]2CC[C@@]13CS(=O)(=O)N(C(=O)C1CCCN1OCc1ccccc1)[C@H]3C2. The molecule has 2 bridgehead atoms. The Balaban J connectivity index is 1.37. The van der Waals surface area contributed by atoms with Gasteiger partial charge in [-0.3, -0.25) is 9.63 Å². The van der Waals surface area contributed by atoms with Crippen LogP contribution in [0.2, 0.25) is 0 Å². The number of carbonyl (C=O) groups is 1. The van der Waals surface area contributed by atoms with E-state index in [4.69, 9.17) is 4.84 Å². The van der Waals surface area contributed by atoms with Crippen LogP contribution in [0.5, 0.6) is 0 Å². The number of sulfonamides is 1. The number of benzene rings is 1. The van der Waals surface area contributed by atoms with Crippen LogP contribution in [0.3, 0.4) is 0 Å². The van der Waals surface area contributed by atoms with Crippen molar-refractivity contribution >= 4 is 15.9 Å². The molecule has 4 atom stereocenters. The Hall–Kier alpha value is -1.44. The number of hydrogen-bond acceptors (Lipinski definition) is 5. The van der Waals surface area contributed by atoms with Gasteiger partial charge in [-0.15, -0.1) is 0 Å². The molecule has 5 rings (SSSR count). The topological polar surface area (TPSA) is 66.9 Å². The zero-order valence-corrected chi connectivity index (χ0v) is 18.0. The van der Waals surface area contributed by atoms with E-state index in [1.54, 1.807) is 5.06 Å². The van der Waals surface area contributed by atoms with Gasteiger partial charge in [0, 0.05) is 12.0 Å². The summed E-state index contributed by atoms with van der Waals surface area (Å²) in [4.78, 5) is 19.5. The van der Waals surface area contributed by atoms with Crippen LogP contribution in [-0.2, 0) is 26.3 Å². The minimum absolute atomic E-state index is 0.0288. The van der Waals surface area contributed by atoms with Crippen molar-refractivity contribution in [3.8, 4) is 0 Å². The molecule has 4 fully saturated rings. The first-order valence-corrected chi connectivity index (χ1v) is 12.4. The molecule has 1 unspecified atom stereocenters. The van der Waals surface area contributed by atoms with Gasteiger partial charge in [0.1, 0.15) is 6.04 Å². The maximum Gasteiger partial charge on any atom is 0.256 e. The number of nitrogens with zero attached hydrogens (tertiary/aromatic N) is 2. The van der Waals surface area contributed by atoms with Crippen molar-refractivity contribution in [1.82, 2.24) is 9.37 Å². The highest BCUT2D eigenvalue weighted by atomic mass is 32.2. The van der Waals surface area contributed by atoms with Gasteiger partial charge >= 0.3 is 0 Å². The first-order valence-electron chi connectivity index (χ1n) is 10.8. The molecular formula is C22H30N2O4S. The smallest absolute Gasteiger partial charge is 0.256 e. The average molecular weight is 419 g/mol. The van der Waals surface area contributed by atoms with Crippen molar-refractivity contribution in [2.24, 2.45) is 16.7 Å². The number of rotatable bonds is 4. The second-order valence-electron chi connectivity index (χ2n) is 9.81. The minimum Gasteiger partial charge on any atom is -0.293 e. The summed E-state index contributed by atoms with van der Waals surface area (Å²) in [6.45, 7) is 5.46. The molecule has 2 aliphatic carbocycles. The van der Waals surface area contributed by atoms with Gasteiger partial charge in [0.2, 0.25) is 10.0 Å². The van der Waals surface area contributed by atoms with Crippen LogP contribution < -0.4 is 0 Å². The summed E-state index contributed by atoms with van der Waals surface area (Å²) in [5.41, 5.74) is 0.729. The van der Waals surface area contributed by atoms with E-state index < -0.39 is 16.1 Å². The monoisotopic (exact) mass is 418 g/mol. The highest BCUT2D eigenvalue weighted by molar-refractivity contribution is 7.90. The molecule has 29 heavy (non-hydrogen) atoms. The van der Waals surface area contributed by atoms with Crippen LogP contribution in [0.15, 0.2) is 30.3 Å². The summed E-state index contributed by atoms with van der Waals surface area (Å²) in [5, 5.41) is 1.72. The lowest BCUT2D eigenvalue weighted by molar-refractivity contribution is -0.188. The van der Waals surface area contributed by atoms with Crippen LogP contribution in [0.4, 0.5) is 0 Å². The average Bonchev–Trinajstić information content (AvgIpc) is 3.36. The first-order chi connectivity index (χ1) is 13.8. The number of carbonyl (C=O) groups excluding carboxylic acids is 1. The number of hydrogen-bond donors (Lipinski definition) is 0. The summed E-state index contributed by atoms with van der Waals surface area (Å²) < 4.78 is 27.6. The fourth-order valence-electron chi connectivity index (χ4n) is 6.60. The quantitative estimate of drug-likeness (QED) is 0.752. The molecular weight excluding hydrogens is 388 g/mol. The summed E-state index contributed by atoms with van der Waals surface area (Å²) in [6.07, 6.45) is 4.29. The Kier molecular flexibility index (Phi) is 4.39. The molecule has 1 amide bonds. The number of hydroxylamine groups is 2. The summed E-state index contributed by atoms with van der Waals surface area (Å²) in [6, 6.07) is 9.15. The van der Waals surface area contributed by atoms with Crippen molar-refractivity contribution in [3.63, 3.8) is 0 Å². The lowest BCUT2D eigenvalue weighted by atomic mass is 9.69. The fraction of sp³-hybridized carbons (Fsp3) is 0.682. The van der Waals surface area contributed by atoms with Crippen molar-refractivity contribution in [2.75, 3.05) is 12.3 Å². The third kappa shape index (κ3) is 2.73. The van der Waals surface area contributed by atoms with E-state index in [1.807, 2.05) is 30.3 Å². The highest BCUT2D eigenvalue weighted by Gasteiger charge is 2.72. The van der Waals surface area contributed by atoms with Crippen LogP contribution in [0, 0.1) is 16.7 Å². The van der Waals surface area contributed by atoms with E-state index in [9.17, 15) is 13.2 Å². The normalized spacial score (nSPS) is 37.2. The van der Waals surface area contributed by atoms with Crippen LogP contribution >= 0.6 is 0 Å². The zero-order valence-electron chi connectivity index (χ0n) is 17.2. The molecule has 7 heteroatoms. The van der Waals surface area contributed by atoms with Gasteiger partial charge in [0.15, 0.2) is 0 Å². The standard InChI is InChI=1S/C22H30N2O4S/c1-21(2)17-10-11-22(21)15-29(26,27)24(19(22)13-17)20(25)18-9-6-12-23(18)28-14-16-7-4-3-5-8-16/h3-5,7-8,17-19H,6,9-15H2,1-2H3/t17-,18?,19-,22-/m0/s1. The van der Waals surface area contributed by atoms with Gasteiger partial charge in [0.05, 0.1) is 18.4 Å². The van der Waals surface area contributed by atoms with Crippen molar-refractivity contribution in [2.45, 2.75) is 64.6 Å². The Labute approximate surface area is 173 Å². The molecule has 0 radical (unpaired) electrons. The molecule has 2 heterocycles. The zero-order chi connectivity index (χ0) is 20.4. The summed E-state index contributed by atoms with van der Waals surface area (Å²) in [7, 11) is -3.59. The summed E-state index contributed by atoms with van der Waals surface area (Å²) >= 11 is 0. The summed E-state index contributed by atoms with van der Waals surface area (Å²) in [5.74, 6) is 0.352. The van der Waals surface area contributed by atoms with E-state index in [0.29, 0.717) is 25.5 Å². The molecule has 158 valence electrons. The predicted molar refractivity (Wildman–Crippen MR) is 109 cm³/mol.